The maximum atomic E-state index is 6.11. The van der Waals surface area contributed by atoms with Gasteiger partial charge in [0.15, 0.2) is 0 Å². The highest BCUT2D eigenvalue weighted by molar-refractivity contribution is 5.44. The Balaban J connectivity index is 1.84. The molecule has 1 N–H and O–H groups in total. The maximum Gasteiger partial charge on any atom is 0.125 e. The van der Waals surface area contributed by atoms with Crippen LogP contribution in [0, 0.1) is 0 Å². The van der Waals surface area contributed by atoms with Crippen molar-refractivity contribution >= 4 is 0 Å². The van der Waals surface area contributed by atoms with E-state index in [-0.39, 0.29) is 11.6 Å². The zero-order valence-electron chi connectivity index (χ0n) is 13.4. The zero-order valence-corrected chi connectivity index (χ0v) is 13.4. The number of ether oxygens (including phenoxy) is 2. The van der Waals surface area contributed by atoms with Gasteiger partial charge in [0.1, 0.15) is 17.1 Å². The molecule has 0 fully saturated rings. The Bertz CT molecular complexity index is 637. The van der Waals surface area contributed by atoms with Crippen LogP contribution < -0.4 is 14.8 Å². The third kappa shape index (κ3) is 3.25. The standard InChI is InChI=1S/C19H23NO2/c1-19(2)12-17(20-13-14-7-5-4-6-8-14)16-11-15(21-3)9-10-18(16)22-19/h4-11,17,20H,12-13H2,1-3H3. The van der Waals surface area contributed by atoms with Gasteiger partial charge in [0.25, 0.3) is 0 Å². The SMILES string of the molecule is COc1ccc2c(c1)C(NCc1ccccc1)CC(C)(C)O2. The molecule has 3 nitrogen and oxygen atoms in total. The molecule has 1 aliphatic rings. The first-order valence-electron chi connectivity index (χ1n) is 7.72. The summed E-state index contributed by atoms with van der Waals surface area (Å²) in [6.45, 7) is 5.12. The Hall–Kier alpha value is -2.00. The average molecular weight is 297 g/mol. The molecule has 22 heavy (non-hydrogen) atoms. The van der Waals surface area contributed by atoms with Gasteiger partial charge in [-0.25, -0.2) is 0 Å². The first-order valence-corrected chi connectivity index (χ1v) is 7.72. The molecule has 2 aromatic carbocycles. The summed E-state index contributed by atoms with van der Waals surface area (Å²) in [4.78, 5) is 0. The third-order valence-corrected chi connectivity index (χ3v) is 4.07. The number of methoxy groups -OCH3 is 1. The molecule has 0 aliphatic carbocycles. The Labute approximate surface area is 132 Å². The molecule has 3 rings (SSSR count). The fourth-order valence-corrected chi connectivity index (χ4v) is 2.98. The van der Waals surface area contributed by atoms with Crippen LogP contribution >= 0.6 is 0 Å². The molecule has 3 heteroatoms. The van der Waals surface area contributed by atoms with E-state index in [0.29, 0.717) is 0 Å². The fourth-order valence-electron chi connectivity index (χ4n) is 2.98. The molecule has 0 bridgehead atoms. The molecule has 0 saturated carbocycles. The van der Waals surface area contributed by atoms with Crippen molar-refractivity contribution < 1.29 is 9.47 Å². The van der Waals surface area contributed by atoms with Gasteiger partial charge in [-0.05, 0) is 37.6 Å². The van der Waals surface area contributed by atoms with E-state index in [9.17, 15) is 0 Å². The van der Waals surface area contributed by atoms with Gasteiger partial charge in [0.2, 0.25) is 0 Å². The minimum absolute atomic E-state index is 0.171. The van der Waals surface area contributed by atoms with Gasteiger partial charge in [-0.2, -0.15) is 0 Å². The van der Waals surface area contributed by atoms with Gasteiger partial charge in [-0.15, -0.1) is 0 Å². The number of rotatable bonds is 4. The van der Waals surface area contributed by atoms with Crippen molar-refractivity contribution in [3.05, 3.63) is 59.7 Å². The van der Waals surface area contributed by atoms with Crippen molar-refractivity contribution in [2.75, 3.05) is 7.11 Å². The first kappa shape index (κ1) is 14.9. The van der Waals surface area contributed by atoms with E-state index in [1.807, 2.05) is 18.2 Å². The summed E-state index contributed by atoms with van der Waals surface area (Å²) in [6.07, 6.45) is 0.931. The summed E-state index contributed by atoms with van der Waals surface area (Å²) >= 11 is 0. The van der Waals surface area contributed by atoms with Gasteiger partial charge in [0.05, 0.1) is 7.11 Å². The summed E-state index contributed by atoms with van der Waals surface area (Å²) in [7, 11) is 1.70. The van der Waals surface area contributed by atoms with Crippen LogP contribution in [-0.4, -0.2) is 12.7 Å². The van der Waals surface area contributed by atoms with E-state index in [2.05, 4.69) is 49.5 Å². The van der Waals surface area contributed by atoms with Gasteiger partial charge in [-0.1, -0.05) is 30.3 Å². The van der Waals surface area contributed by atoms with Crippen LogP contribution in [0.3, 0.4) is 0 Å². The van der Waals surface area contributed by atoms with E-state index < -0.39 is 0 Å². The summed E-state index contributed by atoms with van der Waals surface area (Å²) < 4.78 is 11.5. The minimum Gasteiger partial charge on any atom is -0.497 e. The van der Waals surface area contributed by atoms with Crippen molar-refractivity contribution in [1.29, 1.82) is 0 Å². The number of hydrogen-bond donors (Lipinski definition) is 1. The second kappa shape index (κ2) is 6.01. The smallest absolute Gasteiger partial charge is 0.125 e. The third-order valence-electron chi connectivity index (χ3n) is 4.07. The molecule has 0 radical (unpaired) electrons. The van der Waals surface area contributed by atoms with Crippen LogP contribution in [0.15, 0.2) is 48.5 Å². The van der Waals surface area contributed by atoms with Crippen molar-refractivity contribution in [1.82, 2.24) is 5.32 Å². The average Bonchev–Trinajstić information content (AvgIpc) is 2.52. The molecular formula is C19H23NO2. The van der Waals surface area contributed by atoms with Crippen LogP contribution in [0.5, 0.6) is 11.5 Å². The number of hydrogen-bond acceptors (Lipinski definition) is 3. The molecule has 2 aromatic rings. The van der Waals surface area contributed by atoms with Crippen molar-refractivity contribution in [2.24, 2.45) is 0 Å². The number of nitrogens with one attached hydrogen (secondary N) is 1. The lowest BCUT2D eigenvalue weighted by Crippen LogP contribution is -2.39. The lowest BCUT2D eigenvalue weighted by Gasteiger charge is -2.38. The summed E-state index contributed by atoms with van der Waals surface area (Å²) in [5.41, 5.74) is 2.29. The quantitative estimate of drug-likeness (QED) is 0.922. The van der Waals surface area contributed by atoms with Crippen LogP contribution in [0.4, 0.5) is 0 Å². The topological polar surface area (TPSA) is 30.5 Å². The van der Waals surface area contributed by atoms with Crippen LogP contribution in [0.25, 0.3) is 0 Å². The molecule has 0 aromatic heterocycles. The lowest BCUT2D eigenvalue weighted by atomic mass is 9.89. The lowest BCUT2D eigenvalue weighted by molar-refractivity contribution is 0.0655. The first-order chi connectivity index (χ1) is 10.6. The minimum atomic E-state index is -0.171. The second-order valence-electron chi connectivity index (χ2n) is 6.39. The molecule has 1 heterocycles. The summed E-state index contributed by atoms with van der Waals surface area (Å²) in [5.74, 6) is 1.82. The highest BCUT2D eigenvalue weighted by atomic mass is 16.5. The van der Waals surface area contributed by atoms with Crippen LogP contribution in [0.2, 0.25) is 0 Å². The van der Waals surface area contributed by atoms with E-state index in [1.54, 1.807) is 7.11 Å². The molecule has 1 aliphatic heterocycles. The Morgan fingerprint density at radius 2 is 1.95 bits per heavy atom. The number of fused-ring (bicyclic) bond motifs is 1. The van der Waals surface area contributed by atoms with Crippen molar-refractivity contribution in [3.63, 3.8) is 0 Å². The summed E-state index contributed by atoms with van der Waals surface area (Å²) in [5, 5.41) is 3.67. The zero-order chi connectivity index (χ0) is 15.6. The summed E-state index contributed by atoms with van der Waals surface area (Å²) in [6, 6.07) is 16.8. The van der Waals surface area contributed by atoms with Crippen LogP contribution in [0.1, 0.15) is 37.4 Å². The van der Waals surface area contributed by atoms with Crippen LogP contribution in [-0.2, 0) is 6.54 Å². The molecule has 0 spiro atoms. The largest absolute Gasteiger partial charge is 0.497 e. The van der Waals surface area contributed by atoms with Gasteiger partial charge >= 0.3 is 0 Å². The number of benzene rings is 2. The maximum absolute atomic E-state index is 6.11. The van der Waals surface area contributed by atoms with Crippen molar-refractivity contribution in [2.45, 2.75) is 38.5 Å². The molecular weight excluding hydrogens is 274 g/mol. The highest BCUT2D eigenvalue weighted by Crippen LogP contribution is 2.41. The Kier molecular flexibility index (Phi) is 4.08. The molecule has 0 amide bonds. The second-order valence-corrected chi connectivity index (χ2v) is 6.39. The highest BCUT2D eigenvalue weighted by Gasteiger charge is 2.33. The fraction of sp³-hybridized carbons (Fsp3) is 0.368. The normalized spacial score (nSPS) is 19.1. The molecule has 1 atom stereocenters. The molecule has 0 saturated heterocycles. The predicted molar refractivity (Wildman–Crippen MR) is 88.3 cm³/mol. The monoisotopic (exact) mass is 297 g/mol. The molecule has 1 unspecified atom stereocenters. The molecule has 116 valence electrons. The van der Waals surface area contributed by atoms with E-state index in [0.717, 1.165) is 24.5 Å². The van der Waals surface area contributed by atoms with Gasteiger partial charge < -0.3 is 14.8 Å². The Morgan fingerprint density at radius 1 is 1.18 bits per heavy atom. The van der Waals surface area contributed by atoms with E-state index in [1.165, 1.54) is 11.1 Å². The van der Waals surface area contributed by atoms with E-state index in [4.69, 9.17) is 9.47 Å². The van der Waals surface area contributed by atoms with Gasteiger partial charge in [-0.3, -0.25) is 0 Å². The Morgan fingerprint density at radius 3 is 2.68 bits per heavy atom. The van der Waals surface area contributed by atoms with E-state index >= 15 is 0 Å². The van der Waals surface area contributed by atoms with Crippen molar-refractivity contribution in [3.8, 4) is 11.5 Å². The van der Waals surface area contributed by atoms with Gasteiger partial charge in [0, 0.05) is 24.6 Å². The predicted octanol–water partition coefficient (Wildman–Crippen LogP) is 4.09.